The van der Waals surface area contributed by atoms with Crippen molar-refractivity contribution in [2.24, 2.45) is 0 Å². The number of nitrogens with zero attached hydrogens (tertiary/aromatic N) is 2. The lowest BCUT2D eigenvalue weighted by atomic mass is 9.98. The van der Waals surface area contributed by atoms with Crippen molar-refractivity contribution in [1.82, 2.24) is 9.97 Å². The Hall–Kier alpha value is -1.98. The molecule has 5 heteroatoms. The zero-order chi connectivity index (χ0) is 17.1. The molecular weight excluding hydrogens is 318 g/mol. The minimum absolute atomic E-state index is 0.176. The van der Waals surface area contributed by atoms with Gasteiger partial charge in [-0.05, 0) is 43.4 Å². The lowest BCUT2D eigenvalue weighted by Crippen LogP contribution is -2.05. The minimum atomic E-state index is 0.176. The molecular formula is C19H23N3OS. The van der Waals surface area contributed by atoms with Gasteiger partial charge in [0.05, 0.1) is 5.39 Å². The lowest BCUT2D eigenvalue weighted by Gasteiger charge is -2.10. The fourth-order valence-corrected chi connectivity index (χ4v) is 3.95. The Bertz CT molecular complexity index is 857. The monoisotopic (exact) mass is 341 g/mol. The van der Waals surface area contributed by atoms with Crippen LogP contribution in [0.1, 0.15) is 29.3 Å². The highest BCUT2D eigenvalue weighted by atomic mass is 32.1. The van der Waals surface area contributed by atoms with Crippen molar-refractivity contribution in [2.45, 2.75) is 33.6 Å². The Morgan fingerprint density at radius 1 is 1.17 bits per heavy atom. The average molecular weight is 341 g/mol. The second kappa shape index (κ2) is 7.28. The topological polar surface area (TPSA) is 58.0 Å². The number of aliphatic hydroxyl groups is 1. The molecule has 2 heterocycles. The predicted molar refractivity (Wildman–Crippen MR) is 102 cm³/mol. The molecule has 0 aliphatic carbocycles. The number of hydrogen-bond acceptors (Lipinski definition) is 5. The summed E-state index contributed by atoms with van der Waals surface area (Å²) >= 11 is 1.74. The summed E-state index contributed by atoms with van der Waals surface area (Å²) in [6.45, 7) is 7.34. The smallest absolute Gasteiger partial charge is 0.138 e. The maximum absolute atomic E-state index is 9.02. The molecule has 4 nitrogen and oxygen atoms in total. The van der Waals surface area contributed by atoms with Crippen LogP contribution in [-0.2, 0) is 6.42 Å². The quantitative estimate of drug-likeness (QED) is 0.655. The van der Waals surface area contributed by atoms with Gasteiger partial charge in [-0.2, -0.15) is 0 Å². The molecule has 0 saturated heterocycles. The number of fused-ring (bicyclic) bond motifs is 1. The maximum atomic E-state index is 9.02. The summed E-state index contributed by atoms with van der Waals surface area (Å²) in [6, 6.07) is 6.62. The molecule has 2 N–H and O–H groups in total. The van der Waals surface area contributed by atoms with Crippen LogP contribution in [0.25, 0.3) is 21.3 Å². The molecule has 24 heavy (non-hydrogen) atoms. The Balaban J connectivity index is 2.18. The van der Waals surface area contributed by atoms with Crippen molar-refractivity contribution in [3.8, 4) is 11.1 Å². The van der Waals surface area contributed by atoms with Crippen molar-refractivity contribution in [2.75, 3.05) is 18.5 Å². The zero-order valence-corrected chi connectivity index (χ0v) is 15.2. The van der Waals surface area contributed by atoms with Gasteiger partial charge in [0.25, 0.3) is 0 Å². The van der Waals surface area contributed by atoms with E-state index in [9.17, 15) is 0 Å². The SMILES string of the molecule is CCc1sc2ncnc(NCCCO)c2c1-c1ccc(C)c(C)c1. The van der Waals surface area contributed by atoms with Crippen LogP contribution in [0.15, 0.2) is 24.5 Å². The molecule has 1 aromatic carbocycles. The predicted octanol–water partition coefficient (Wildman–Crippen LogP) is 4.33. The second-order valence-electron chi connectivity index (χ2n) is 5.96. The highest BCUT2D eigenvalue weighted by molar-refractivity contribution is 7.19. The van der Waals surface area contributed by atoms with Gasteiger partial charge < -0.3 is 10.4 Å². The number of hydrogen-bond donors (Lipinski definition) is 2. The summed E-state index contributed by atoms with van der Waals surface area (Å²) in [6.07, 6.45) is 3.29. The van der Waals surface area contributed by atoms with E-state index in [-0.39, 0.29) is 6.61 Å². The van der Waals surface area contributed by atoms with E-state index < -0.39 is 0 Å². The molecule has 0 bridgehead atoms. The lowest BCUT2D eigenvalue weighted by molar-refractivity contribution is 0.292. The number of aryl methyl sites for hydroxylation is 3. The Morgan fingerprint density at radius 3 is 2.71 bits per heavy atom. The van der Waals surface area contributed by atoms with Gasteiger partial charge in [0.2, 0.25) is 0 Å². The van der Waals surface area contributed by atoms with E-state index in [1.54, 1.807) is 17.7 Å². The van der Waals surface area contributed by atoms with Gasteiger partial charge in [0.15, 0.2) is 0 Å². The molecule has 0 atom stereocenters. The van der Waals surface area contributed by atoms with Crippen LogP contribution < -0.4 is 5.32 Å². The largest absolute Gasteiger partial charge is 0.396 e. The fraction of sp³-hybridized carbons (Fsp3) is 0.368. The number of aromatic nitrogens is 2. The third-order valence-electron chi connectivity index (χ3n) is 4.31. The van der Waals surface area contributed by atoms with Crippen LogP contribution in [0, 0.1) is 13.8 Å². The number of aliphatic hydroxyl groups excluding tert-OH is 1. The highest BCUT2D eigenvalue weighted by Crippen LogP contribution is 2.41. The molecule has 2 aromatic heterocycles. The van der Waals surface area contributed by atoms with E-state index in [4.69, 9.17) is 5.11 Å². The molecule has 126 valence electrons. The number of thiophene rings is 1. The average Bonchev–Trinajstić information content (AvgIpc) is 2.97. The third kappa shape index (κ3) is 3.14. The zero-order valence-electron chi connectivity index (χ0n) is 14.4. The summed E-state index contributed by atoms with van der Waals surface area (Å²) in [5.41, 5.74) is 5.06. The number of rotatable bonds is 6. The van der Waals surface area contributed by atoms with Crippen LogP contribution in [0.2, 0.25) is 0 Å². The van der Waals surface area contributed by atoms with E-state index in [1.165, 1.54) is 27.1 Å². The van der Waals surface area contributed by atoms with Gasteiger partial charge in [-0.3, -0.25) is 0 Å². The molecule has 3 aromatic rings. The van der Waals surface area contributed by atoms with Gasteiger partial charge >= 0.3 is 0 Å². The number of benzene rings is 1. The normalized spacial score (nSPS) is 11.2. The van der Waals surface area contributed by atoms with Crippen LogP contribution in [-0.4, -0.2) is 28.2 Å². The summed E-state index contributed by atoms with van der Waals surface area (Å²) < 4.78 is 0. The summed E-state index contributed by atoms with van der Waals surface area (Å²) in [7, 11) is 0. The summed E-state index contributed by atoms with van der Waals surface area (Å²) in [4.78, 5) is 11.3. The first-order valence-electron chi connectivity index (χ1n) is 8.34. The van der Waals surface area contributed by atoms with E-state index >= 15 is 0 Å². The van der Waals surface area contributed by atoms with Crippen molar-refractivity contribution >= 4 is 27.4 Å². The summed E-state index contributed by atoms with van der Waals surface area (Å²) in [5.74, 6) is 0.859. The first-order valence-corrected chi connectivity index (χ1v) is 9.16. The Morgan fingerprint density at radius 2 is 2.00 bits per heavy atom. The molecule has 0 radical (unpaired) electrons. The summed E-state index contributed by atoms with van der Waals surface area (Å²) in [5, 5.41) is 13.5. The molecule has 0 fully saturated rings. The van der Waals surface area contributed by atoms with E-state index in [0.29, 0.717) is 13.0 Å². The first kappa shape index (κ1) is 16.9. The van der Waals surface area contributed by atoms with Gasteiger partial charge in [0.1, 0.15) is 17.0 Å². The molecule has 0 amide bonds. The minimum Gasteiger partial charge on any atom is -0.396 e. The van der Waals surface area contributed by atoms with Crippen molar-refractivity contribution in [3.63, 3.8) is 0 Å². The molecule has 0 unspecified atom stereocenters. The Labute approximate surface area is 146 Å². The van der Waals surface area contributed by atoms with Crippen LogP contribution in [0.3, 0.4) is 0 Å². The van der Waals surface area contributed by atoms with Gasteiger partial charge in [0, 0.05) is 23.6 Å². The second-order valence-corrected chi connectivity index (χ2v) is 7.04. The highest BCUT2D eigenvalue weighted by Gasteiger charge is 2.18. The van der Waals surface area contributed by atoms with Crippen LogP contribution in [0.4, 0.5) is 5.82 Å². The van der Waals surface area contributed by atoms with Crippen molar-refractivity contribution in [3.05, 3.63) is 40.5 Å². The fourth-order valence-electron chi connectivity index (χ4n) is 2.85. The number of anilines is 1. The molecule has 0 aliphatic rings. The molecule has 3 rings (SSSR count). The molecule has 0 saturated carbocycles. The van der Waals surface area contributed by atoms with Crippen LogP contribution in [0.5, 0.6) is 0 Å². The third-order valence-corrected chi connectivity index (χ3v) is 5.55. The van der Waals surface area contributed by atoms with Crippen molar-refractivity contribution in [1.29, 1.82) is 0 Å². The Kier molecular flexibility index (Phi) is 5.11. The van der Waals surface area contributed by atoms with Gasteiger partial charge in [-0.1, -0.05) is 25.1 Å². The van der Waals surface area contributed by atoms with E-state index in [2.05, 4.69) is 54.3 Å². The standard InChI is InChI=1S/C19H23N3OS/c1-4-15-16(14-7-6-12(2)13(3)10-14)17-18(20-8-5-9-23)21-11-22-19(17)24-15/h6-7,10-11,23H,4-5,8-9H2,1-3H3,(H,20,21,22). The van der Waals surface area contributed by atoms with E-state index in [0.717, 1.165) is 22.5 Å². The van der Waals surface area contributed by atoms with Crippen molar-refractivity contribution < 1.29 is 5.11 Å². The van der Waals surface area contributed by atoms with Crippen LogP contribution >= 0.6 is 11.3 Å². The molecule has 0 spiro atoms. The maximum Gasteiger partial charge on any atom is 0.138 e. The number of nitrogens with one attached hydrogen (secondary N) is 1. The van der Waals surface area contributed by atoms with Gasteiger partial charge in [-0.15, -0.1) is 11.3 Å². The van der Waals surface area contributed by atoms with Gasteiger partial charge in [-0.25, -0.2) is 9.97 Å². The molecule has 0 aliphatic heterocycles. The first-order chi connectivity index (χ1) is 11.7. The van der Waals surface area contributed by atoms with E-state index in [1.807, 2.05) is 0 Å².